The third-order valence-corrected chi connectivity index (χ3v) is 3.53. The molecule has 0 radical (unpaired) electrons. The van der Waals surface area contributed by atoms with Crippen molar-refractivity contribution in [3.05, 3.63) is 0 Å². The molecule has 0 saturated heterocycles. The van der Waals surface area contributed by atoms with Gasteiger partial charge in [-0.3, -0.25) is 0 Å². The monoisotopic (exact) mass is 198 g/mol. The topological polar surface area (TPSA) is 29.3 Å². The Hall–Kier alpha value is -0.0800. The van der Waals surface area contributed by atoms with Crippen LogP contribution in [-0.2, 0) is 0 Å². The quantitative estimate of drug-likeness (QED) is 0.750. The van der Waals surface area contributed by atoms with Crippen molar-refractivity contribution in [3.63, 3.8) is 0 Å². The summed E-state index contributed by atoms with van der Waals surface area (Å²) in [5.74, 6) is 0.794. The minimum Gasteiger partial charge on any atom is -0.328 e. The summed E-state index contributed by atoms with van der Waals surface area (Å²) in [5, 5.41) is 0. The molecule has 0 heterocycles. The second kappa shape index (κ2) is 5.13. The summed E-state index contributed by atoms with van der Waals surface area (Å²) < 4.78 is 0. The normalized spacial score (nSPS) is 30.2. The number of nitrogens with two attached hydrogens (primary N) is 1. The summed E-state index contributed by atoms with van der Waals surface area (Å²) in [6.07, 6.45) is 4.99. The van der Waals surface area contributed by atoms with Crippen LogP contribution in [0.1, 0.15) is 46.5 Å². The van der Waals surface area contributed by atoms with E-state index in [9.17, 15) is 0 Å². The van der Waals surface area contributed by atoms with E-state index in [0.717, 1.165) is 12.0 Å². The molecule has 2 heteroatoms. The lowest BCUT2D eigenvalue weighted by Gasteiger charge is -2.31. The highest BCUT2D eigenvalue weighted by atomic mass is 15.2. The van der Waals surface area contributed by atoms with Crippen molar-refractivity contribution in [2.24, 2.45) is 11.7 Å². The molecule has 3 unspecified atom stereocenters. The number of rotatable bonds is 4. The van der Waals surface area contributed by atoms with Crippen LogP contribution in [0, 0.1) is 5.92 Å². The molecule has 2 N–H and O–H groups in total. The molecule has 0 bridgehead atoms. The van der Waals surface area contributed by atoms with Crippen LogP contribution in [0.5, 0.6) is 0 Å². The Morgan fingerprint density at radius 3 is 2.36 bits per heavy atom. The number of hydrogen-bond acceptors (Lipinski definition) is 2. The molecule has 3 atom stereocenters. The molecular weight excluding hydrogens is 172 g/mol. The minimum atomic E-state index is 0.452. The number of nitrogens with zero attached hydrogens (tertiary/aromatic N) is 1. The predicted molar refractivity (Wildman–Crippen MR) is 62.3 cm³/mol. The first-order valence-electron chi connectivity index (χ1n) is 5.98. The predicted octanol–water partition coefficient (Wildman–Crippen LogP) is 2.23. The van der Waals surface area contributed by atoms with Gasteiger partial charge >= 0.3 is 0 Å². The maximum Gasteiger partial charge on any atom is 0.0110 e. The molecule has 1 rings (SSSR count). The van der Waals surface area contributed by atoms with E-state index < -0.39 is 0 Å². The standard InChI is InChI=1S/C12H26N2/c1-9(2)7-10(3)14(4)12-6-5-11(13)8-12/h9-12H,5-8,13H2,1-4H3. The number of hydrogen-bond donors (Lipinski definition) is 1. The van der Waals surface area contributed by atoms with Crippen LogP contribution < -0.4 is 5.73 Å². The SMILES string of the molecule is CC(C)CC(C)N(C)C1CCC(N)C1. The maximum absolute atomic E-state index is 5.94. The van der Waals surface area contributed by atoms with Crippen molar-refractivity contribution >= 4 is 0 Å². The summed E-state index contributed by atoms with van der Waals surface area (Å²) >= 11 is 0. The fraction of sp³-hybridized carbons (Fsp3) is 1.00. The summed E-state index contributed by atoms with van der Waals surface area (Å²) in [6, 6.07) is 1.89. The Balaban J connectivity index is 2.36. The lowest BCUT2D eigenvalue weighted by Crippen LogP contribution is -2.38. The van der Waals surface area contributed by atoms with Crippen LogP contribution >= 0.6 is 0 Å². The highest BCUT2D eigenvalue weighted by molar-refractivity contribution is 4.85. The van der Waals surface area contributed by atoms with Crippen LogP contribution in [0.15, 0.2) is 0 Å². The molecule has 84 valence electrons. The molecule has 2 nitrogen and oxygen atoms in total. The molecule has 1 fully saturated rings. The van der Waals surface area contributed by atoms with Gasteiger partial charge in [0.15, 0.2) is 0 Å². The van der Waals surface area contributed by atoms with Crippen LogP contribution in [0.3, 0.4) is 0 Å². The van der Waals surface area contributed by atoms with Gasteiger partial charge in [-0.2, -0.15) is 0 Å². The fourth-order valence-corrected chi connectivity index (χ4v) is 2.57. The van der Waals surface area contributed by atoms with Crippen LogP contribution in [0.25, 0.3) is 0 Å². The molecule has 1 saturated carbocycles. The zero-order valence-electron chi connectivity index (χ0n) is 10.2. The van der Waals surface area contributed by atoms with E-state index in [4.69, 9.17) is 5.73 Å². The van der Waals surface area contributed by atoms with Crippen molar-refractivity contribution in [1.82, 2.24) is 4.90 Å². The van der Waals surface area contributed by atoms with Gasteiger partial charge in [0.2, 0.25) is 0 Å². The molecule has 1 aliphatic rings. The lowest BCUT2D eigenvalue weighted by molar-refractivity contribution is 0.166. The Bertz CT molecular complexity index is 168. The van der Waals surface area contributed by atoms with Crippen molar-refractivity contribution in [3.8, 4) is 0 Å². The van der Waals surface area contributed by atoms with Gasteiger partial charge in [0.05, 0.1) is 0 Å². The van der Waals surface area contributed by atoms with Crippen molar-refractivity contribution in [2.75, 3.05) is 7.05 Å². The molecule has 0 spiro atoms. The third-order valence-electron chi connectivity index (χ3n) is 3.53. The van der Waals surface area contributed by atoms with Crippen LogP contribution in [-0.4, -0.2) is 30.1 Å². The van der Waals surface area contributed by atoms with Crippen LogP contribution in [0.4, 0.5) is 0 Å². The molecule has 1 aliphatic carbocycles. The van der Waals surface area contributed by atoms with Crippen LogP contribution in [0.2, 0.25) is 0 Å². The zero-order chi connectivity index (χ0) is 10.7. The second-order valence-corrected chi connectivity index (χ2v) is 5.37. The van der Waals surface area contributed by atoms with E-state index in [2.05, 4.69) is 32.7 Å². The Kier molecular flexibility index (Phi) is 4.39. The minimum absolute atomic E-state index is 0.452. The van der Waals surface area contributed by atoms with E-state index in [1.807, 2.05) is 0 Å². The average molecular weight is 198 g/mol. The van der Waals surface area contributed by atoms with Crippen molar-refractivity contribution in [1.29, 1.82) is 0 Å². The average Bonchev–Trinajstić information content (AvgIpc) is 2.49. The molecular formula is C12H26N2. The van der Waals surface area contributed by atoms with Crippen molar-refractivity contribution in [2.45, 2.75) is 64.6 Å². The van der Waals surface area contributed by atoms with Gasteiger partial charge in [-0.25, -0.2) is 0 Å². The summed E-state index contributed by atoms with van der Waals surface area (Å²) in [5.41, 5.74) is 5.94. The highest BCUT2D eigenvalue weighted by Crippen LogP contribution is 2.24. The van der Waals surface area contributed by atoms with Gasteiger partial charge in [-0.1, -0.05) is 13.8 Å². The summed E-state index contributed by atoms with van der Waals surface area (Å²) in [4.78, 5) is 2.53. The Labute approximate surface area is 88.8 Å². The van der Waals surface area contributed by atoms with Gasteiger partial charge < -0.3 is 10.6 Å². The van der Waals surface area contributed by atoms with E-state index in [-0.39, 0.29) is 0 Å². The van der Waals surface area contributed by atoms with Crippen molar-refractivity contribution < 1.29 is 0 Å². The molecule has 0 aromatic carbocycles. The van der Waals surface area contributed by atoms with E-state index in [1.165, 1.54) is 25.7 Å². The fourth-order valence-electron chi connectivity index (χ4n) is 2.57. The van der Waals surface area contributed by atoms with Gasteiger partial charge in [0.25, 0.3) is 0 Å². The molecule has 0 aromatic rings. The first-order valence-corrected chi connectivity index (χ1v) is 5.98. The lowest BCUT2D eigenvalue weighted by atomic mass is 10.0. The zero-order valence-corrected chi connectivity index (χ0v) is 10.2. The largest absolute Gasteiger partial charge is 0.328 e. The Morgan fingerprint density at radius 2 is 1.93 bits per heavy atom. The van der Waals surface area contributed by atoms with E-state index >= 15 is 0 Å². The summed E-state index contributed by atoms with van der Waals surface area (Å²) in [6.45, 7) is 6.93. The molecule has 14 heavy (non-hydrogen) atoms. The maximum atomic E-state index is 5.94. The molecule has 0 aromatic heterocycles. The van der Waals surface area contributed by atoms with E-state index in [1.54, 1.807) is 0 Å². The third kappa shape index (κ3) is 3.25. The van der Waals surface area contributed by atoms with E-state index in [0.29, 0.717) is 12.1 Å². The Morgan fingerprint density at radius 1 is 1.29 bits per heavy atom. The van der Waals surface area contributed by atoms with Gasteiger partial charge in [-0.05, 0) is 45.6 Å². The summed E-state index contributed by atoms with van der Waals surface area (Å²) in [7, 11) is 2.26. The van der Waals surface area contributed by atoms with Gasteiger partial charge in [0, 0.05) is 18.1 Å². The highest BCUT2D eigenvalue weighted by Gasteiger charge is 2.27. The first-order chi connectivity index (χ1) is 6.50. The second-order valence-electron chi connectivity index (χ2n) is 5.37. The van der Waals surface area contributed by atoms with Gasteiger partial charge in [-0.15, -0.1) is 0 Å². The first kappa shape index (κ1) is 12.0. The molecule has 0 amide bonds. The molecule has 0 aliphatic heterocycles. The van der Waals surface area contributed by atoms with Gasteiger partial charge in [0.1, 0.15) is 0 Å². The smallest absolute Gasteiger partial charge is 0.0110 e.